The van der Waals surface area contributed by atoms with E-state index in [-0.39, 0.29) is 25.2 Å². The van der Waals surface area contributed by atoms with Crippen LogP contribution in [-0.2, 0) is 22.6 Å². The van der Waals surface area contributed by atoms with Crippen molar-refractivity contribution in [3.05, 3.63) is 33.8 Å². The smallest absolute Gasteiger partial charge is 0.310 e. The first-order valence-corrected chi connectivity index (χ1v) is 5.48. The van der Waals surface area contributed by atoms with E-state index < -0.39 is 5.97 Å². The number of hydrogen-bond donors (Lipinski definition) is 1. The minimum absolute atomic E-state index is 0.0235. The van der Waals surface area contributed by atoms with Gasteiger partial charge in [-0.2, -0.15) is 5.26 Å². The number of carbonyl (C=O) groups excluding carboxylic acids is 1. The topological polar surface area (TPSA) is 70.3 Å². The predicted molar refractivity (Wildman–Crippen MR) is 62.4 cm³/mol. The number of ether oxygens (including phenoxy) is 1. The fraction of sp³-hybridized carbons (Fsp3) is 0.333. The Balaban J connectivity index is 3.10. The molecule has 5 heteroatoms. The molecule has 0 bridgehead atoms. The summed E-state index contributed by atoms with van der Waals surface area (Å²) in [6.45, 7) is 1.70. The lowest BCUT2D eigenvalue weighted by Gasteiger charge is -2.08. The lowest BCUT2D eigenvalue weighted by atomic mass is 10.00. The molecular weight excluding hydrogens is 242 g/mol. The van der Waals surface area contributed by atoms with Crippen LogP contribution in [0.4, 0.5) is 0 Å². The van der Waals surface area contributed by atoms with Crippen molar-refractivity contribution >= 4 is 17.6 Å². The van der Waals surface area contributed by atoms with Crippen LogP contribution >= 0.6 is 11.6 Å². The van der Waals surface area contributed by atoms with Crippen LogP contribution in [0.1, 0.15) is 23.6 Å². The van der Waals surface area contributed by atoms with Gasteiger partial charge in [0, 0.05) is 5.02 Å². The zero-order chi connectivity index (χ0) is 12.8. The molecule has 0 saturated heterocycles. The maximum Gasteiger partial charge on any atom is 0.310 e. The third-order valence-electron chi connectivity index (χ3n) is 2.19. The molecule has 0 aliphatic heterocycles. The molecule has 0 fully saturated rings. The summed E-state index contributed by atoms with van der Waals surface area (Å²) in [6, 6.07) is 5.01. The van der Waals surface area contributed by atoms with Gasteiger partial charge in [-0.3, -0.25) is 4.79 Å². The Bertz CT molecular complexity index is 466. The van der Waals surface area contributed by atoms with Gasteiger partial charge in [-0.25, -0.2) is 0 Å². The summed E-state index contributed by atoms with van der Waals surface area (Å²) in [7, 11) is 0. The molecule has 0 aromatic heterocycles. The van der Waals surface area contributed by atoms with Crippen molar-refractivity contribution in [2.75, 3.05) is 6.61 Å². The highest BCUT2D eigenvalue weighted by Gasteiger charge is 2.13. The van der Waals surface area contributed by atoms with Crippen LogP contribution < -0.4 is 0 Å². The number of halogens is 1. The maximum atomic E-state index is 11.4. The fourth-order valence-electron chi connectivity index (χ4n) is 1.50. The van der Waals surface area contributed by atoms with E-state index >= 15 is 0 Å². The average molecular weight is 254 g/mol. The van der Waals surface area contributed by atoms with Gasteiger partial charge in [-0.05, 0) is 30.2 Å². The molecule has 1 aromatic carbocycles. The average Bonchev–Trinajstić information content (AvgIpc) is 2.28. The van der Waals surface area contributed by atoms with E-state index in [1.165, 1.54) is 12.1 Å². The van der Waals surface area contributed by atoms with Gasteiger partial charge in [0.05, 0.1) is 31.3 Å². The van der Waals surface area contributed by atoms with Crippen molar-refractivity contribution in [2.24, 2.45) is 0 Å². The molecule has 1 aromatic rings. The van der Waals surface area contributed by atoms with Crippen molar-refractivity contribution in [3.8, 4) is 6.07 Å². The van der Waals surface area contributed by atoms with Gasteiger partial charge >= 0.3 is 5.97 Å². The molecular formula is C12H12ClNO3. The summed E-state index contributed by atoms with van der Waals surface area (Å²) in [5, 5.41) is 18.5. The van der Waals surface area contributed by atoms with Gasteiger partial charge in [-0.15, -0.1) is 0 Å². The number of carbonyl (C=O) groups is 1. The molecule has 1 N–H and O–H groups in total. The highest BCUT2D eigenvalue weighted by atomic mass is 35.5. The summed E-state index contributed by atoms with van der Waals surface area (Å²) in [5.41, 5.74) is 1.17. The standard InChI is InChI=1S/C12H12ClNO3/c1-2-17-12(16)5-8-3-10(13)4-9(7-15)11(8)6-14/h3-4,15H,2,5,7H2,1H3. The Hall–Kier alpha value is -1.57. The van der Waals surface area contributed by atoms with Crippen LogP contribution in [0.2, 0.25) is 5.02 Å². The number of benzene rings is 1. The number of aliphatic hydroxyl groups excluding tert-OH is 1. The summed E-state index contributed by atoms with van der Waals surface area (Å²) >= 11 is 5.85. The monoisotopic (exact) mass is 253 g/mol. The molecule has 0 atom stereocenters. The maximum absolute atomic E-state index is 11.4. The molecule has 0 amide bonds. The van der Waals surface area contributed by atoms with Crippen molar-refractivity contribution in [2.45, 2.75) is 20.0 Å². The van der Waals surface area contributed by atoms with E-state index in [2.05, 4.69) is 0 Å². The van der Waals surface area contributed by atoms with Gasteiger partial charge < -0.3 is 9.84 Å². The lowest BCUT2D eigenvalue weighted by molar-refractivity contribution is -0.142. The normalized spacial score (nSPS) is 9.76. The van der Waals surface area contributed by atoms with Crippen molar-refractivity contribution in [3.63, 3.8) is 0 Å². The van der Waals surface area contributed by atoms with Crippen LogP contribution in [0.15, 0.2) is 12.1 Å². The number of nitriles is 1. The molecule has 0 aliphatic carbocycles. The fourth-order valence-corrected chi connectivity index (χ4v) is 1.76. The third-order valence-corrected chi connectivity index (χ3v) is 2.41. The first kappa shape index (κ1) is 13.5. The molecule has 0 saturated carbocycles. The Labute approximate surface area is 104 Å². The summed E-state index contributed by atoms with van der Waals surface area (Å²) in [4.78, 5) is 11.4. The number of esters is 1. The highest BCUT2D eigenvalue weighted by Crippen LogP contribution is 2.21. The minimum Gasteiger partial charge on any atom is -0.466 e. The van der Waals surface area contributed by atoms with E-state index in [4.69, 9.17) is 26.7 Å². The molecule has 0 aliphatic rings. The molecule has 1 rings (SSSR count). The van der Waals surface area contributed by atoms with E-state index in [0.717, 1.165) is 0 Å². The summed E-state index contributed by atoms with van der Waals surface area (Å²) in [6.07, 6.45) is -0.0235. The zero-order valence-corrected chi connectivity index (χ0v) is 10.1. The largest absolute Gasteiger partial charge is 0.466 e. The van der Waals surface area contributed by atoms with Gasteiger partial charge in [0.2, 0.25) is 0 Å². The summed E-state index contributed by atoms with van der Waals surface area (Å²) < 4.78 is 4.80. The second kappa shape index (κ2) is 6.24. The molecule has 0 heterocycles. The lowest BCUT2D eigenvalue weighted by Crippen LogP contribution is -2.09. The number of hydrogen-bond acceptors (Lipinski definition) is 4. The van der Waals surface area contributed by atoms with Crippen molar-refractivity contribution in [1.29, 1.82) is 5.26 Å². The predicted octanol–water partition coefficient (Wildman–Crippen LogP) is 1.81. The van der Waals surface area contributed by atoms with E-state index in [9.17, 15) is 4.79 Å². The molecule has 0 radical (unpaired) electrons. The van der Waals surface area contributed by atoms with Crippen LogP contribution in [0.3, 0.4) is 0 Å². The molecule has 0 spiro atoms. The number of nitrogens with zero attached hydrogens (tertiary/aromatic N) is 1. The highest BCUT2D eigenvalue weighted by molar-refractivity contribution is 6.30. The Morgan fingerprint density at radius 3 is 2.71 bits per heavy atom. The van der Waals surface area contributed by atoms with Crippen LogP contribution in [-0.4, -0.2) is 17.7 Å². The molecule has 90 valence electrons. The van der Waals surface area contributed by atoms with Crippen LogP contribution in [0, 0.1) is 11.3 Å². The SMILES string of the molecule is CCOC(=O)Cc1cc(Cl)cc(CO)c1C#N. The van der Waals surface area contributed by atoms with Crippen molar-refractivity contribution in [1.82, 2.24) is 0 Å². The molecule has 17 heavy (non-hydrogen) atoms. The first-order valence-electron chi connectivity index (χ1n) is 5.10. The second-order valence-electron chi connectivity index (χ2n) is 3.35. The minimum atomic E-state index is -0.421. The van der Waals surface area contributed by atoms with Gasteiger partial charge in [-0.1, -0.05) is 11.6 Å². The number of rotatable bonds is 4. The quantitative estimate of drug-likeness (QED) is 0.831. The van der Waals surface area contributed by atoms with Gasteiger partial charge in [0.15, 0.2) is 0 Å². The second-order valence-corrected chi connectivity index (χ2v) is 3.79. The van der Waals surface area contributed by atoms with Crippen LogP contribution in [0.5, 0.6) is 0 Å². The zero-order valence-electron chi connectivity index (χ0n) is 9.36. The van der Waals surface area contributed by atoms with Gasteiger partial charge in [0.1, 0.15) is 0 Å². The summed E-state index contributed by atoms with van der Waals surface area (Å²) in [5.74, 6) is -0.421. The van der Waals surface area contributed by atoms with E-state index in [1.54, 1.807) is 6.92 Å². The van der Waals surface area contributed by atoms with Gasteiger partial charge in [0.25, 0.3) is 0 Å². The Kier molecular flexibility index (Phi) is 4.95. The Morgan fingerprint density at radius 1 is 1.53 bits per heavy atom. The molecule has 0 unspecified atom stereocenters. The third kappa shape index (κ3) is 3.45. The molecule has 4 nitrogen and oxygen atoms in total. The van der Waals surface area contributed by atoms with E-state index in [0.29, 0.717) is 16.1 Å². The van der Waals surface area contributed by atoms with Crippen LogP contribution in [0.25, 0.3) is 0 Å². The van der Waals surface area contributed by atoms with Crippen molar-refractivity contribution < 1.29 is 14.6 Å². The Morgan fingerprint density at radius 2 is 2.18 bits per heavy atom. The number of aliphatic hydroxyl groups is 1. The van der Waals surface area contributed by atoms with E-state index in [1.807, 2.05) is 6.07 Å². The first-order chi connectivity index (χ1) is 8.12.